The molecule has 0 bridgehead atoms. The lowest BCUT2D eigenvalue weighted by Crippen LogP contribution is -2.50. The largest absolute Gasteiger partial charge is 0.388 e. The molecule has 1 aromatic heterocycles. The average Bonchev–Trinajstić information content (AvgIpc) is 2.46. The fraction of sp³-hybridized carbons (Fsp3) is 0.600. The number of likely N-dealkylation sites (tertiary alicyclic amines) is 1. The van der Waals surface area contributed by atoms with Crippen molar-refractivity contribution in [3.63, 3.8) is 0 Å². The van der Waals surface area contributed by atoms with Gasteiger partial charge in [-0.25, -0.2) is 0 Å². The first kappa shape index (κ1) is 14.9. The summed E-state index contributed by atoms with van der Waals surface area (Å²) in [7, 11) is 1.60. The van der Waals surface area contributed by atoms with Gasteiger partial charge in [-0.2, -0.15) is 0 Å². The Morgan fingerprint density at radius 2 is 2.40 bits per heavy atom. The van der Waals surface area contributed by atoms with Crippen molar-refractivity contribution in [1.29, 1.82) is 0 Å². The molecule has 2 rings (SSSR count). The maximum atomic E-state index is 11.5. The zero-order valence-electron chi connectivity index (χ0n) is 12.0. The molecule has 110 valence electrons. The highest BCUT2D eigenvalue weighted by Gasteiger charge is 2.34. The Bertz CT molecular complexity index is 438. The molecule has 5 heteroatoms. The van der Waals surface area contributed by atoms with E-state index in [1.807, 2.05) is 18.2 Å². The molecule has 5 nitrogen and oxygen atoms in total. The molecule has 1 amide bonds. The third-order valence-corrected chi connectivity index (χ3v) is 3.81. The zero-order chi connectivity index (χ0) is 14.4. The van der Waals surface area contributed by atoms with E-state index in [4.69, 9.17) is 0 Å². The summed E-state index contributed by atoms with van der Waals surface area (Å²) in [4.78, 5) is 18.0. The van der Waals surface area contributed by atoms with Crippen LogP contribution in [-0.4, -0.2) is 53.2 Å². The fourth-order valence-electron chi connectivity index (χ4n) is 2.75. The van der Waals surface area contributed by atoms with E-state index >= 15 is 0 Å². The summed E-state index contributed by atoms with van der Waals surface area (Å²) in [5.41, 5.74) is 0.176. The Labute approximate surface area is 120 Å². The monoisotopic (exact) mass is 277 g/mol. The molecule has 1 saturated heterocycles. The first-order valence-electron chi connectivity index (χ1n) is 7.16. The number of rotatable bonds is 5. The van der Waals surface area contributed by atoms with E-state index in [2.05, 4.69) is 15.2 Å². The minimum Gasteiger partial charge on any atom is -0.388 e. The predicted octanol–water partition coefficient (Wildman–Crippen LogP) is 0.587. The summed E-state index contributed by atoms with van der Waals surface area (Å²) in [5, 5.41) is 13.1. The van der Waals surface area contributed by atoms with E-state index in [1.54, 1.807) is 13.2 Å². The second-order valence-electron chi connectivity index (χ2n) is 5.53. The van der Waals surface area contributed by atoms with Crippen LogP contribution in [0.2, 0.25) is 0 Å². The topological polar surface area (TPSA) is 65.5 Å². The molecule has 1 aliphatic heterocycles. The molecule has 1 aromatic rings. The Morgan fingerprint density at radius 3 is 3.10 bits per heavy atom. The molecule has 2 heterocycles. The molecule has 0 aliphatic carbocycles. The van der Waals surface area contributed by atoms with Gasteiger partial charge in [-0.05, 0) is 31.5 Å². The Kier molecular flexibility index (Phi) is 5.09. The van der Waals surface area contributed by atoms with Crippen LogP contribution >= 0.6 is 0 Å². The SMILES string of the molecule is CNC(=O)CC1(O)CCCN(CCc2ccccn2)C1. The van der Waals surface area contributed by atoms with Gasteiger partial charge in [0.15, 0.2) is 0 Å². The second kappa shape index (κ2) is 6.81. The number of piperidine rings is 1. The number of pyridine rings is 1. The molecule has 0 spiro atoms. The number of aromatic nitrogens is 1. The van der Waals surface area contributed by atoms with Crippen molar-refractivity contribution in [2.45, 2.75) is 31.3 Å². The summed E-state index contributed by atoms with van der Waals surface area (Å²) < 4.78 is 0. The number of nitrogens with one attached hydrogen (secondary N) is 1. The van der Waals surface area contributed by atoms with Gasteiger partial charge in [0.2, 0.25) is 5.91 Å². The molecule has 0 saturated carbocycles. The molecule has 1 aliphatic rings. The summed E-state index contributed by atoms with van der Waals surface area (Å²) in [6, 6.07) is 5.91. The van der Waals surface area contributed by atoms with Gasteiger partial charge in [0.25, 0.3) is 0 Å². The first-order chi connectivity index (χ1) is 9.61. The van der Waals surface area contributed by atoms with Crippen LogP contribution in [0.15, 0.2) is 24.4 Å². The number of hydrogen-bond donors (Lipinski definition) is 2. The van der Waals surface area contributed by atoms with Crippen LogP contribution in [0.4, 0.5) is 0 Å². The summed E-state index contributed by atoms with van der Waals surface area (Å²) >= 11 is 0. The quantitative estimate of drug-likeness (QED) is 0.826. The Morgan fingerprint density at radius 1 is 1.55 bits per heavy atom. The van der Waals surface area contributed by atoms with Gasteiger partial charge in [-0.15, -0.1) is 0 Å². The van der Waals surface area contributed by atoms with Crippen LogP contribution in [0.25, 0.3) is 0 Å². The van der Waals surface area contributed by atoms with Crippen LogP contribution in [0, 0.1) is 0 Å². The van der Waals surface area contributed by atoms with E-state index in [1.165, 1.54) is 0 Å². The minimum atomic E-state index is -0.886. The Balaban J connectivity index is 1.85. The van der Waals surface area contributed by atoms with Crippen LogP contribution in [0.3, 0.4) is 0 Å². The third-order valence-electron chi connectivity index (χ3n) is 3.81. The van der Waals surface area contributed by atoms with E-state index in [9.17, 15) is 9.90 Å². The van der Waals surface area contributed by atoms with Crippen molar-refractivity contribution in [1.82, 2.24) is 15.2 Å². The standard InChI is InChI=1S/C15H23N3O2/c1-16-14(19)11-15(20)7-4-9-18(12-15)10-6-13-5-2-3-8-17-13/h2-3,5,8,20H,4,6-7,9-12H2,1H3,(H,16,19). The van der Waals surface area contributed by atoms with E-state index in [0.717, 1.165) is 31.6 Å². The normalized spacial score (nSPS) is 23.5. The highest BCUT2D eigenvalue weighted by molar-refractivity contribution is 5.76. The number of nitrogens with zero attached hydrogens (tertiary/aromatic N) is 2. The van der Waals surface area contributed by atoms with Gasteiger partial charge in [0, 0.05) is 38.4 Å². The minimum absolute atomic E-state index is 0.0981. The van der Waals surface area contributed by atoms with Crippen LogP contribution in [0.5, 0.6) is 0 Å². The molecule has 1 unspecified atom stereocenters. The van der Waals surface area contributed by atoms with E-state index in [-0.39, 0.29) is 12.3 Å². The van der Waals surface area contributed by atoms with Crippen molar-refractivity contribution in [3.8, 4) is 0 Å². The van der Waals surface area contributed by atoms with Crippen molar-refractivity contribution in [2.24, 2.45) is 0 Å². The van der Waals surface area contributed by atoms with E-state index in [0.29, 0.717) is 13.0 Å². The highest BCUT2D eigenvalue weighted by atomic mass is 16.3. The van der Waals surface area contributed by atoms with E-state index < -0.39 is 5.60 Å². The Hall–Kier alpha value is -1.46. The van der Waals surface area contributed by atoms with Gasteiger partial charge in [0.05, 0.1) is 12.0 Å². The van der Waals surface area contributed by atoms with Crippen LogP contribution in [-0.2, 0) is 11.2 Å². The average molecular weight is 277 g/mol. The lowest BCUT2D eigenvalue weighted by atomic mass is 9.89. The van der Waals surface area contributed by atoms with Crippen molar-refractivity contribution in [3.05, 3.63) is 30.1 Å². The highest BCUT2D eigenvalue weighted by Crippen LogP contribution is 2.24. The molecule has 0 radical (unpaired) electrons. The molecule has 0 aromatic carbocycles. The third kappa shape index (κ3) is 4.28. The summed E-state index contributed by atoms with van der Waals surface area (Å²) in [5.74, 6) is -0.0981. The van der Waals surface area contributed by atoms with Crippen molar-refractivity contribution < 1.29 is 9.90 Å². The number of carbonyl (C=O) groups excluding carboxylic acids is 1. The van der Waals surface area contributed by atoms with Gasteiger partial charge < -0.3 is 15.3 Å². The molecule has 20 heavy (non-hydrogen) atoms. The smallest absolute Gasteiger partial charge is 0.222 e. The lowest BCUT2D eigenvalue weighted by molar-refractivity contribution is -0.128. The molecule has 1 fully saturated rings. The maximum absolute atomic E-state index is 11.5. The maximum Gasteiger partial charge on any atom is 0.222 e. The molecular formula is C15H23N3O2. The summed E-state index contributed by atoms with van der Waals surface area (Å²) in [6.07, 6.45) is 4.48. The van der Waals surface area contributed by atoms with Gasteiger partial charge in [-0.1, -0.05) is 6.07 Å². The van der Waals surface area contributed by atoms with Gasteiger partial charge in [0.1, 0.15) is 0 Å². The van der Waals surface area contributed by atoms with Crippen LogP contribution in [0.1, 0.15) is 25.0 Å². The first-order valence-corrected chi connectivity index (χ1v) is 7.16. The number of carbonyl (C=O) groups is 1. The molecule has 2 N–H and O–H groups in total. The zero-order valence-corrected chi connectivity index (χ0v) is 12.0. The number of hydrogen-bond acceptors (Lipinski definition) is 4. The molecule has 1 atom stereocenters. The van der Waals surface area contributed by atoms with Crippen molar-refractivity contribution in [2.75, 3.05) is 26.7 Å². The molecular weight excluding hydrogens is 254 g/mol. The fourth-order valence-corrected chi connectivity index (χ4v) is 2.75. The van der Waals surface area contributed by atoms with Crippen molar-refractivity contribution >= 4 is 5.91 Å². The second-order valence-corrected chi connectivity index (χ2v) is 5.53. The number of aliphatic hydroxyl groups is 1. The van der Waals surface area contributed by atoms with Crippen LogP contribution < -0.4 is 5.32 Å². The predicted molar refractivity (Wildman–Crippen MR) is 77.2 cm³/mol. The van der Waals surface area contributed by atoms with Gasteiger partial charge in [-0.3, -0.25) is 9.78 Å². The number of β-amino-alcohol motifs (C(OH)–C–C–N with tert-alkyl or cyclic N) is 1. The van der Waals surface area contributed by atoms with Gasteiger partial charge >= 0.3 is 0 Å². The number of amides is 1. The lowest BCUT2D eigenvalue weighted by Gasteiger charge is -2.38. The summed E-state index contributed by atoms with van der Waals surface area (Å²) in [6.45, 7) is 2.41.